The maximum absolute atomic E-state index is 2.31. The molecule has 0 radical (unpaired) electrons. The molecule has 29 heavy (non-hydrogen) atoms. The number of fused-ring (bicyclic) bond motifs is 1. The van der Waals surface area contributed by atoms with E-state index in [-0.39, 0.29) is 4.75 Å². The van der Waals surface area contributed by atoms with E-state index in [9.17, 15) is 0 Å². The molecule has 0 saturated carbocycles. The van der Waals surface area contributed by atoms with Gasteiger partial charge in [0.1, 0.15) is 0 Å². The van der Waals surface area contributed by atoms with Gasteiger partial charge in [0.05, 0.1) is 8.41 Å². The van der Waals surface area contributed by atoms with Crippen molar-refractivity contribution in [3.63, 3.8) is 0 Å². The Bertz CT molecular complexity index is 1080. The largest absolute Gasteiger partial charge is 0.127 e. The van der Waals surface area contributed by atoms with E-state index in [1.807, 2.05) is 45.8 Å². The van der Waals surface area contributed by atoms with Gasteiger partial charge in [-0.05, 0) is 11.1 Å². The molecule has 0 N–H and O–H groups in total. The van der Waals surface area contributed by atoms with Crippen LogP contribution < -0.4 is 0 Å². The minimum atomic E-state index is 0.174. The van der Waals surface area contributed by atoms with E-state index in [0.717, 1.165) is 0 Å². The SMILES string of the molecule is CC(C)SC1=S=C(c2ccccc2)c2c(SC(C)(C)C)sc(-c3ccccc3)c21. The van der Waals surface area contributed by atoms with Crippen LogP contribution in [0.15, 0.2) is 64.9 Å². The van der Waals surface area contributed by atoms with Crippen LogP contribution in [-0.4, -0.2) is 19.1 Å². The summed E-state index contributed by atoms with van der Waals surface area (Å²) in [6.07, 6.45) is 0. The van der Waals surface area contributed by atoms with Crippen LogP contribution in [0.4, 0.5) is 0 Å². The third kappa shape index (κ3) is 4.61. The molecule has 1 aliphatic heterocycles. The molecule has 0 spiro atoms. The molecule has 4 heteroatoms. The Balaban J connectivity index is 1.97. The Labute approximate surface area is 190 Å². The van der Waals surface area contributed by atoms with Crippen molar-refractivity contribution in [3.05, 3.63) is 77.4 Å². The van der Waals surface area contributed by atoms with Crippen molar-refractivity contribution in [2.24, 2.45) is 0 Å². The predicted octanol–water partition coefficient (Wildman–Crippen LogP) is 8.24. The van der Waals surface area contributed by atoms with Gasteiger partial charge in [-0.15, -0.1) is 45.8 Å². The van der Waals surface area contributed by atoms with E-state index >= 15 is 0 Å². The summed E-state index contributed by atoms with van der Waals surface area (Å²) in [6, 6.07) is 21.8. The highest BCUT2D eigenvalue weighted by atomic mass is 32.2. The molecule has 150 valence electrons. The number of thioether (sulfide) groups is 2. The first-order valence-electron chi connectivity index (χ1n) is 9.89. The van der Waals surface area contributed by atoms with Crippen molar-refractivity contribution in [3.8, 4) is 10.4 Å². The molecular weight excluding hydrogens is 429 g/mol. The molecule has 0 fully saturated rings. The highest BCUT2D eigenvalue weighted by Gasteiger charge is 2.32. The maximum atomic E-state index is 2.31. The maximum Gasteiger partial charge on any atom is 0.0704 e. The third-order valence-electron chi connectivity index (χ3n) is 4.32. The average Bonchev–Trinajstić information content (AvgIpc) is 3.21. The minimum absolute atomic E-state index is 0.174. The number of hydrogen-bond acceptors (Lipinski definition) is 3. The van der Waals surface area contributed by atoms with Crippen LogP contribution in [0.1, 0.15) is 51.3 Å². The van der Waals surface area contributed by atoms with Crippen LogP contribution in [0.25, 0.3) is 10.4 Å². The van der Waals surface area contributed by atoms with Crippen LogP contribution in [0.3, 0.4) is 0 Å². The highest BCUT2D eigenvalue weighted by Crippen LogP contribution is 2.50. The predicted molar refractivity (Wildman–Crippen MR) is 139 cm³/mol. The van der Waals surface area contributed by atoms with E-state index in [1.165, 1.54) is 40.4 Å². The lowest BCUT2D eigenvalue weighted by molar-refractivity contribution is 0.804. The van der Waals surface area contributed by atoms with E-state index in [4.69, 9.17) is 0 Å². The average molecular weight is 455 g/mol. The van der Waals surface area contributed by atoms with E-state index < -0.39 is 0 Å². The molecule has 4 rings (SSSR count). The normalized spacial score (nSPS) is 13.7. The summed E-state index contributed by atoms with van der Waals surface area (Å²) in [7, 11) is 1.97. The summed E-state index contributed by atoms with van der Waals surface area (Å²) in [6.45, 7) is 11.5. The van der Waals surface area contributed by atoms with E-state index in [1.54, 1.807) is 0 Å². The van der Waals surface area contributed by atoms with Crippen LogP contribution in [0.5, 0.6) is 0 Å². The van der Waals surface area contributed by atoms with Crippen LogP contribution >= 0.6 is 45.8 Å². The fourth-order valence-electron chi connectivity index (χ4n) is 3.24. The van der Waals surface area contributed by atoms with Crippen molar-refractivity contribution >= 4 is 54.9 Å². The zero-order valence-electron chi connectivity index (χ0n) is 17.5. The molecule has 3 aromatic rings. The van der Waals surface area contributed by atoms with Gasteiger partial charge in [-0.25, -0.2) is 0 Å². The Morgan fingerprint density at radius 2 is 1.38 bits per heavy atom. The molecule has 0 aliphatic carbocycles. The molecule has 0 bridgehead atoms. The van der Waals surface area contributed by atoms with Gasteiger partial charge < -0.3 is 0 Å². The molecule has 0 nitrogen and oxygen atoms in total. The first kappa shape index (κ1) is 21.0. The van der Waals surface area contributed by atoms with Crippen LogP contribution in [-0.2, 0) is 0 Å². The second-order valence-electron chi connectivity index (χ2n) is 8.30. The fraction of sp³-hybridized carbons (Fsp3) is 0.280. The lowest BCUT2D eigenvalue weighted by atomic mass is 10.0. The zero-order valence-corrected chi connectivity index (χ0v) is 20.7. The highest BCUT2D eigenvalue weighted by molar-refractivity contribution is 8.28. The molecule has 0 unspecified atom stereocenters. The standard InChI is InChI=1S/C25H26S4/c1-16(2)26-23-19-20(22(27-23)18-14-10-7-11-15-18)24(29-25(3,4)5)28-21(19)17-12-8-6-9-13-17/h6-16H,1-5H3. The van der Waals surface area contributed by atoms with Gasteiger partial charge in [0.2, 0.25) is 0 Å². The van der Waals surface area contributed by atoms with Crippen molar-refractivity contribution in [2.45, 2.75) is 48.8 Å². The smallest absolute Gasteiger partial charge is 0.0704 e. The molecule has 0 amide bonds. The summed E-state index contributed by atoms with van der Waals surface area (Å²) < 4.78 is 3.06. The summed E-state index contributed by atoms with van der Waals surface area (Å²) in [5, 5.41) is 0.558. The number of rotatable bonds is 4. The van der Waals surface area contributed by atoms with Gasteiger partial charge in [-0.3, -0.25) is 0 Å². The molecule has 2 aromatic carbocycles. The lowest BCUT2D eigenvalue weighted by Gasteiger charge is -2.17. The van der Waals surface area contributed by atoms with Crippen LogP contribution in [0, 0.1) is 0 Å². The lowest BCUT2D eigenvalue weighted by Crippen LogP contribution is -2.08. The van der Waals surface area contributed by atoms with Gasteiger partial charge in [0.15, 0.2) is 0 Å². The summed E-state index contributed by atoms with van der Waals surface area (Å²) >= 11 is 5.97. The molecular formula is C25H26S4. The van der Waals surface area contributed by atoms with Crippen molar-refractivity contribution in [2.75, 3.05) is 0 Å². The number of benzene rings is 2. The van der Waals surface area contributed by atoms with Gasteiger partial charge in [0, 0.05) is 30.9 Å². The first-order chi connectivity index (χ1) is 13.8. The van der Waals surface area contributed by atoms with Crippen molar-refractivity contribution < 1.29 is 0 Å². The second kappa shape index (κ2) is 8.50. The number of thiophene rings is 1. The summed E-state index contributed by atoms with van der Waals surface area (Å²) in [4.78, 5) is 2.82. The van der Waals surface area contributed by atoms with Gasteiger partial charge in [-0.2, -0.15) is 0 Å². The first-order valence-corrected chi connectivity index (χ1v) is 13.2. The molecule has 0 atom stereocenters. The zero-order chi connectivity index (χ0) is 20.6. The fourth-order valence-corrected chi connectivity index (χ4v) is 9.40. The topological polar surface area (TPSA) is 0 Å². The monoisotopic (exact) mass is 454 g/mol. The summed E-state index contributed by atoms with van der Waals surface area (Å²) in [5.41, 5.74) is 5.56. The van der Waals surface area contributed by atoms with Crippen molar-refractivity contribution in [1.82, 2.24) is 0 Å². The van der Waals surface area contributed by atoms with E-state index in [2.05, 4.69) is 95.3 Å². The molecule has 2 heterocycles. The Morgan fingerprint density at radius 1 is 0.793 bits per heavy atom. The Kier molecular flexibility index (Phi) is 6.17. The minimum Gasteiger partial charge on any atom is -0.127 e. The van der Waals surface area contributed by atoms with Gasteiger partial charge in [-0.1, -0.05) is 95.3 Å². The third-order valence-corrected chi connectivity index (χ3v) is 9.31. The second-order valence-corrected chi connectivity index (χ2v) is 14.3. The Morgan fingerprint density at radius 3 is 1.93 bits per heavy atom. The quantitative estimate of drug-likeness (QED) is 0.287. The summed E-state index contributed by atoms with van der Waals surface area (Å²) in [5.74, 6) is 0. The molecule has 1 aliphatic rings. The molecule has 0 saturated heterocycles. The van der Waals surface area contributed by atoms with Gasteiger partial charge >= 0.3 is 0 Å². The van der Waals surface area contributed by atoms with Crippen molar-refractivity contribution in [1.29, 1.82) is 0 Å². The van der Waals surface area contributed by atoms with Gasteiger partial charge in [0.25, 0.3) is 0 Å². The van der Waals surface area contributed by atoms with E-state index in [0.29, 0.717) is 5.25 Å². The van der Waals surface area contributed by atoms with Crippen LogP contribution in [0.2, 0.25) is 0 Å². The molecule has 1 aromatic heterocycles. The number of hydrogen-bond donors (Lipinski definition) is 0. The Hall–Kier alpha value is -1.20.